The summed E-state index contributed by atoms with van der Waals surface area (Å²) in [6.07, 6.45) is 0. The molecule has 6 heteroatoms. The second-order valence-corrected chi connectivity index (χ2v) is 5.15. The van der Waals surface area contributed by atoms with Gasteiger partial charge in [-0.2, -0.15) is 0 Å². The first kappa shape index (κ1) is 15.7. The van der Waals surface area contributed by atoms with E-state index in [0.717, 1.165) is 0 Å². The highest BCUT2D eigenvalue weighted by atomic mass is 35.5. The summed E-state index contributed by atoms with van der Waals surface area (Å²) in [4.78, 5) is 13.9. The van der Waals surface area contributed by atoms with Crippen molar-refractivity contribution in [3.05, 3.63) is 28.8 Å². The average Bonchev–Trinajstić information content (AvgIpc) is 2.38. The Kier molecular flexibility index (Phi) is 5.57. The van der Waals surface area contributed by atoms with E-state index in [-0.39, 0.29) is 16.9 Å². The quantitative estimate of drug-likeness (QED) is 0.819. The van der Waals surface area contributed by atoms with Crippen LogP contribution in [0.25, 0.3) is 0 Å². The Morgan fingerprint density at radius 3 is 2.74 bits per heavy atom. The summed E-state index contributed by atoms with van der Waals surface area (Å²) in [6, 6.07) is 4.82. The lowest BCUT2D eigenvalue weighted by Crippen LogP contribution is -2.39. The van der Waals surface area contributed by atoms with Crippen LogP contribution in [0, 0.1) is 0 Å². The van der Waals surface area contributed by atoms with E-state index in [2.05, 4.69) is 5.32 Å². The molecule has 0 aromatic heterocycles. The van der Waals surface area contributed by atoms with Crippen LogP contribution in [0.5, 0.6) is 0 Å². The number of thiocarbonyl (C=S) groups is 1. The van der Waals surface area contributed by atoms with E-state index in [0.29, 0.717) is 22.8 Å². The molecule has 1 unspecified atom stereocenters. The maximum Gasteiger partial charge on any atom is 0.244 e. The Labute approximate surface area is 123 Å². The third-order valence-electron chi connectivity index (χ3n) is 2.84. The number of anilines is 1. The number of hydrogen-bond donors (Lipinski definition) is 2. The van der Waals surface area contributed by atoms with Gasteiger partial charge < -0.3 is 16.0 Å². The molecule has 0 aliphatic heterocycles. The van der Waals surface area contributed by atoms with E-state index in [1.54, 1.807) is 37.1 Å². The summed E-state index contributed by atoms with van der Waals surface area (Å²) in [5.74, 6) is 0.00587. The molecule has 1 rings (SSSR count). The number of nitrogens with one attached hydrogen (secondary N) is 1. The Morgan fingerprint density at radius 2 is 2.21 bits per heavy atom. The third kappa shape index (κ3) is 4.08. The smallest absolute Gasteiger partial charge is 0.244 e. The molecule has 1 amide bonds. The van der Waals surface area contributed by atoms with Gasteiger partial charge in [0.25, 0.3) is 0 Å². The van der Waals surface area contributed by atoms with Gasteiger partial charge in [0.15, 0.2) is 0 Å². The monoisotopic (exact) mass is 299 g/mol. The van der Waals surface area contributed by atoms with Crippen molar-refractivity contribution in [2.24, 2.45) is 5.73 Å². The number of amides is 1. The molecule has 1 aromatic carbocycles. The minimum atomic E-state index is -0.362. The van der Waals surface area contributed by atoms with E-state index in [4.69, 9.17) is 29.6 Å². The zero-order valence-electron chi connectivity index (χ0n) is 11.2. The Bertz CT molecular complexity index is 493. The first-order chi connectivity index (χ1) is 8.86. The largest absolute Gasteiger partial charge is 0.389 e. The summed E-state index contributed by atoms with van der Waals surface area (Å²) in [5, 5.41) is 3.67. The van der Waals surface area contributed by atoms with Crippen molar-refractivity contribution >= 4 is 40.4 Å². The topological polar surface area (TPSA) is 58.4 Å². The normalized spacial score (nSPS) is 11.8. The van der Waals surface area contributed by atoms with Crippen LogP contribution in [-0.4, -0.2) is 35.4 Å². The predicted molar refractivity (Wildman–Crippen MR) is 83.7 cm³/mol. The second-order valence-electron chi connectivity index (χ2n) is 4.27. The van der Waals surface area contributed by atoms with Gasteiger partial charge in [-0.1, -0.05) is 23.8 Å². The second kappa shape index (κ2) is 6.73. The summed E-state index contributed by atoms with van der Waals surface area (Å²) in [5.41, 5.74) is 7.01. The van der Waals surface area contributed by atoms with Crippen LogP contribution >= 0.6 is 23.8 Å². The lowest BCUT2D eigenvalue weighted by atomic mass is 10.1. The fraction of sp³-hybridized carbons (Fsp3) is 0.385. The first-order valence-corrected chi connectivity index (χ1v) is 6.76. The minimum absolute atomic E-state index is 0.00587. The van der Waals surface area contributed by atoms with Crippen molar-refractivity contribution in [3.8, 4) is 0 Å². The Morgan fingerprint density at radius 1 is 1.58 bits per heavy atom. The zero-order chi connectivity index (χ0) is 14.6. The third-order valence-corrected chi connectivity index (χ3v) is 3.30. The van der Waals surface area contributed by atoms with Crippen LogP contribution in [0.3, 0.4) is 0 Å². The molecule has 19 heavy (non-hydrogen) atoms. The summed E-state index contributed by atoms with van der Waals surface area (Å²) in [7, 11) is 1.76. The maximum absolute atomic E-state index is 12.0. The molecule has 0 spiro atoms. The molecule has 3 N–H and O–H groups in total. The number of carbonyl (C=O) groups is 1. The van der Waals surface area contributed by atoms with Crippen molar-refractivity contribution in [2.75, 3.05) is 18.9 Å². The molecule has 0 radical (unpaired) electrons. The number of nitrogens with two attached hydrogens (primary N) is 1. The molecule has 0 saturated heterocycles. The van der Waals surface area contributed by atoms with Gasteiger partial charge in [-0.25, -0.2) is 0 Å². The number of carbonyl (C=O) groups excluding carboxylic acids is 1. The molecular weight excluding hydrogens is 282 g/mol. The molecule has 0 aliphatic rings. The molecule has 1 atom stereocenters. The molecule has 0 fully saturated rings. The van der Waals surface area contributed by atoms with Gasteiger partial charge >= 0.3 is 0 Å². The summed E-state index contributed by atoms with van der Waals surface area (Å²) >= 11 is 10.9. The van der Waals surface area contributed by atoms with Crippen molar-refractivity contribution in [2.45, 2.75) is 19.9 Å². The van der Waals surface area contributed by atoms with E-state index in [1.807, 2.05) is 6.92 Å². The molecule has 1 aromatic rings. The van der Waals surface area contributed by atoms with Crippen molar-refractivity contribution in [1.29, 1.82) is 0 Å². The number of benzene rings is 1. The standard InChI is InChI=1S/C13H18ClN3OS/c1-4-17(3)13(18)8(2)16-11-6-5-9(14)7-10(11)12(15)19/h5-8,16H,4H2,1-3H3,(H2,15,19). The summed E-state index contributed by atoms with van der Waals surface area (Å²) < 4.78 is 0. The Hall–Kier alpha value is -1.33. The van der Waals surface area contributed by atoms with Crippen LogP contribution in [0.1, 0.15) is 19.4 Å². The van der Waals surface area contributed by atoms with Crippen LogP contribution in [0.15, 0.2) is 18.2 Å². The van der Waals surface area contributed by atoms with Crippen molar-refractivity contribution in [3.63, 3.8) is 0 Å². The summed E-state index contributed by atoms with van der Waals surface area (Å²) in [6.45, 7) is 4.38. The lowest BCUT2D eigenvalue weighted by molar-refractivity contribution is -0.130. The van der Waals surface area contributed by atoms with Crippen molar-refractivity contribution < 1.29 is 4.79 Å². The fourth-order valence-electron chi connectivity index (χ4n) is 1.63. The van der Waals surface area contributed by atoms with Gasteiger partial charge in [0.2, 0.25) is 5.91 Å². The van der Waals surface area contributed by atoms with Gasteiger partial charge in [0, 0.05) is 29.9 Å². The van der Waals surface area contributed by atoms with Gasteiger partial charge in [-0.3, -0.25) is 4.79 Å². The first-order valence-electron chi connectivity index (χ1n) is 5.97. The van der Waals surface area contributed by atoms with Crippen LogP contribution in [0.4, 0.5) is 5.69 Å². The molecular formula is C13H18ClN3OS. The van der Waals surface area contributed by atoms with Crippen LogP contribution < -0.4 is 11.1 Å². The fourth-order valence-corrected chi connectivity index (χ4v) is 1.97. The highest BCUT2D eigenvalue weighted by Gasteiger charge is 2.17. The zero-order valence-corrected chi connectivity index (χ0v) is 12.8. The van der Waals surface area contributed by atoms with Gasteiger partial charge in [0.1, 0.15) is 11.0 Å². The molecule has 0 bridgehead atoms. The number of hydrogen-bond acceptors (Lipinski definition) is 3. The SMILES string of the molecule is CCN(C)C(=O)C(C)Nc1ccc(Cl)cc1C(N)=S. The number of rotatable bonds is 5. The molecule has 0 aliphatic carbocycles. The van der Waals surface area contributed by atoms with E-state index < -0.39 is 0 Å². The predicted octanol–water partition coefficient (Wildman–Crippen LogP) is 2.25. The van der Waals surface area contributed by atoms with Crippen molar-refractivity contribution in [1.82, 2.24) is 4.90 Å². The highest BCUT2D eigenvalue weighted by Crippen LogP contribution is 2.21. The number of likely N-dealkylation sites (N-methyl/N-ethyl adjacent to an activating group) is 1. The van der Waals surface area contributed by atoms with E-state index >= 15 is 0 Å². The molecule has 0 heterocycles. The number of nitrogens with zero attached hydrogens (tertiary/aromatic N) is 1. The molecule has 104 valence electrons. The van der Waals surface area contributed by atoms with Crippen LogP contribution in [-0.2, 0) is 4.79 Å². The highest BCUT2D eigenvalue weighted by molar-refractivity contribution is 7.80. The minimum Gasteiger partial charge on any atom is -0.389 e. The number of halogens is 1. The average molecular weight is 300 g/mol. The Balaban J connectivity index is 2.93. The van der Waals surface area contributed by atoms with Gasteiger partial charge in [-0.05, 0) is 32.0 Å². The molecule has 0 saturated carbocycles. The van der Waals surface area contributed by atoms with E-state index in [9.17, 15) is 4.79 Å². The van der Waals surface area contributed by atoms with Crippen LogP contribution in [0.2, 0.25) is 5.02 Å². The van der Waals surface area contributed by atoms with Gasteiger partial charge in [-0.15, -0.1) is 0 Å². The lowest BCUT2D eigenvalue weighted by Gasteiger charge is -2.22. The molecule has 4 nitrogen and oxygen atoms in total. The maximum atomic E-state index is 12.0. The van der Waals surface area contributed by atoms with E-state index in [1.165, 1.54) is 0 Å². The van der Waals surface area contributed by atoms with Gasteiger partial charge in [0.05, 0.1) is 0 Å².